The number of likely N-dealkylation sites (N-methyl/N-ethyl adjacent to an activating group) is 1. The molecular weight excluding hydrogens is 487 g/mol. The number of hydrogen-bond acceptors (Lipinski definition) is 4. The maximum absolute atomic E-state index is 13.6. The minimum atomic E-state index is -0.780. The first-order valence-corrected chi connectivity index (χ1v) is 12.0. The van der Waals surface area contributed by atoms with Crippen molar-refractivity contribution in [3.63, 3.8) is 0 Å². The van der Waals surface area contributed by atoms with E-state index in [-0.39, 0.29) is 25.0 Å². The Morgan fingerprint density at radius 3 is 2.31 bits per heavy atom. The van der Waals surface area contributed by atoms with Crippen molar-refractivity contribution in [1.29, 1.82) is 0 Å². The first kappa shape index (κ1) is 26.4. The van der Waals surface area contributed by atoms with Crippen LogP contribution in [0.5, 0.6) is 11.5 Å². The van der Waals surface area contributed by atoms with Crippen LogP contribution in [-0.4, -0.2) is 43.0 Å². The lowest BCUT2D eigenvalue weighted by molar-refractivity contribution is -0.142. The van der Waals surface area contributed by atoms with Gasteiger partial charge >= 0.3 is 0 Å². The molecule has 0 radical (unpaired) electrons. The van der Waals surface area contributed by atoms with Crippen molar-refractivity contribution >= 4 is 35.0 Å². The van der Waals surface area contributed by atoms with Gasteiger partial charge in [0.25, 0.3) is 5.91 Å². The predicted octanol–water partition coefficient (Wildman–Crippen LogP) is 5.16. The van der Waals surface area contributed by atoms with Crippen LogP contribution in [0.1, 0.15) is 18.1 Å². The first-order chi connectivity index (χ1) is 16.9. The van der Waals surface area contributed by atoms with Crippen molar-refractivity contribution in [3.05, 3.63) is 94.0 Å². The first-order valence-electron chi connectivity index (χ1n) is 11.2. The highest BCUT2D eigenvalue weighted by Crippen LogP contribution is 2.27. The van der Waals surface area contributed by atoms with E-state index in [4.69, 9.17) is 32.7 Å². The van der Waals surface area contributed by atoms with Crippen LogP contribution in [0.25, 0.3) is 0 Å². The molecule has 0 saturated carbocycles. The van der Waals surface area contributed by atoms with E-state index in [0.717, 1.165) is 5.56 Å². The maximum Gasteiger partial charge on any atom is 0.261 e. The number of nitrogens with one attached hydrogen (secondary N) is 1. The number of methoxy groups -OCH3 is 1. The van der Waals surface area contributed by atoms with Crippen molar-refractivity contribution in [2.75, 3.05) is 20.3 Å². The van der Waals surface area contributed by atoms with Crippen LogP contribution >= 0.6 is 23.2 Å². The monoisotopic (exact) mass is 514 g/mol. The fourth-order valence-electron chi connectivity index (χ4n) is 3.64. The average molecular weight is 515 g/mol. The van der Waals surface area contributed by atoms with E-state index in [1.54, 1.807) is 36.4 Å². The number of ether oxygens (including phenoxy) is 2. The summed E-state index contributed by atoms with van der Waals surface area (Å²) in [7, 11) is 1.53. The van der Waals surface area contributed by atoms with Crippen LogP contribution in [0.2, 0.25) is 10.0 Å². The average Bonchev–Trinajstić information content (AvgIpc) is 2.86. The largest absolute Gasteiger partial charge is 0.493 e. The molecule has 1 N–H and O–H groups in total. The molecule has 0 bridgehead atoms. The number of carbonyl (C=O) groups is 2. The van der Waals surface area contributed by atoms with E-state index in [9.17, 15) is 9.59 Å². The van der Waals surface area contributed by atoms with Gasteiger partial charge in [0, 0.05) is 29.6 Å². The second kappa shape index (κ2) is 13.0. The summed E-state index contributed by atoms with van der Waals surface area (Å²) in [6.07, 6.45) is 0.332. The summed E-state index contributed by atoms with van der Waals surface area (Å²) in [4.78, 5) is 28.2. The zero-order chi connectivity index (χ0) is 25.2. The van der Waals surface area contributed by atoms with Gasteiger partial charge in [0.1, 0.15) is 6.04 Å². The van der Waals surface area contributed by atoms with Gasteiger partial charge in [-0.15, -0.1) is 0 Å². The SMILES string of the molecule is CCNC(=O)[C@@H](Cc1ccccc1)N(Cc1ccc(Cl)cc1Cl)C(=O)COc1ccccc1OC. The highest BCUT2D eigenvalue weighted by molar-refractivity contribution is 6.35. The molecule has 6 nitrogen and oxygen atoms in total. The van der Waals surface area contributed by atoms with E-state index in [1.807, 2.05) is 43.3 Å². The lowest BCUT2D eigenvalue weighted by atomic mass is 10.0. The predicted molar refractivity (Wildman–Crippen MR) is 138 cm³/mol. The Labute approximate surface area is 215 Å². The molecule has 0 aliphatic carbocycles. The highest BCUT2D eigenvalue weighted by atomic mass is 35.5. The van der Waals surface area contributed by atoms with E-state index >= 15 is 0 Å². The summed E-state index contributed by atoms with van der Waals surface area (Å²) in [5.41, 5.74) is 1.60. The zero-order valence-corrected chi connectivity index (χ0v) is 21.2. The van der Waals surface area contributed by atoms with Gasteiger partial charge in [0.15, 0.2) is 18.1 Å². The van der Waals surface area contributed by atoms with Gasteiger partial charge in [0.05, 0.1) is 7.11 Å². The summed E-state index contributed by atoms with van der Waals surface area (Å²) >= 11 is 12.5. The van der Waals surface area contributed by atoms with E-state index in [1.165, 1.54) is 12.0 Å². The Morgan fingerprint density at radius 1 is 0.971 bits per heavy atom. The van der Waals surface area contributed by atoms with Crippen LogP contribution < -0.4 is 14.8 Å². The lowest BCUT2D eigenvalue weighted by Crippen LogP contribution is -2.51. The molecule has 184 valence electrons. The van der Waals surface area contributed by atoms with E-state index < -0.39 is 6.04 Å². The summed E-state index contributed by atoms with van der Waals surface area (Å²) in [5.74, 6) is 0.323. The quantitative estimate of drug-likeness (QED) is 0.383. The van der Waals surface area contributed by atoms with Gasteiger partial charge in [-0.05, 0) is 42.3 Å². The van der Waals surface area contributed by atoms with Gasteiger partial charge in [-0.3, -0.25) is 9.59 Å². The summed E-state index contributed by atoms with van der Waals surface area (Å²) in [6.45, 7) is 2.10. The molecule has 8 heteroatoms. The number of rotatable bonds is 11. The third-order valence-electron chi connectivity index (χ3n) is 5.40. The zero-order valence-electron chi connectivity index (χ0n) is 19.7. The smallest absolute Gasteiger partial charge is 0.261 e. The van der Waals surface area contributed by atoms with E-state index in [2.05, 4.69) is 5.32 Å². The van der Waals surface area contributed by atoms with Crippen molar-refractivity contribution in [2.24, 2.45) is 0 Å². The van der Waals surface area contributed by atoms with Crippen molar-refractivity contribution in [2.45, 2.75) is 25.9 Å². The second-order valence-electron chi connectivity index (χ2n) is 7.80. The molecule has 3 aromatic rings. The normalized spacial score (nSPS) is 11.4. The Balaban J connectivity index is 1.93. The molecule has 0 heterocycles. The Morgan fingerprint density at radius 2 is 1.66 bits per heavy atom. The minimum Gasteiger partial charge on any atom is -0.493 e. The minimum absolute atomic E-state index is 0.110. The summed E-state index contributed by atoms with van der Waals surface area (Å²) < 4.78 is 11.1. The molecule has 2 amide bonds. The molecule has 35 heavy (non-hydrogen) atoms. The third kappa shape index (κ3) is 7.38. The van der Waals surface area contributed by atoms with E-state index in [0.29, 0.717) is 40.1 Å². The van der Waals surface area contributed by atoms with Gasteiger partial charge in [-0.2, -0.15) is 0 Å². The molecule has 1 atom stereocenters. The molecular formula is C27H28Cl2N2O4. The Hall–Kier alpha value is -3.22. The highest BCUT2D eigenvalue weighted by Gasteiger charge is 2.31. The summed E-state index contributed by atoms with van der Waals surface area (Å²) in [5, 5.41) is 3.75. The molecule has 0 fully saturated rings. The van der Waals surface area contributed by atoms with Crippen LogP contribution in [0.3, 0.4) is 0 Å². The molecule has 0 aromatic heterocycles. The topological polar surface area (TPSA) is 67.9 Å². The number of nitrogens with zero attached hydrogens (tertiary/aromatic N) is 1. The second-order valence-corrected chi connectivity index (χ2v) is 8.64. The fraction of sp³-hybridized carbons (Fsp3) is 0.259. The van der Waals surface area contributed by atoms with Crippen molar-refractivity contribution in [3.8, 4) is 11.5 Å². The Kier molecular flexibility index (Phi) is 9.82. The Bertz CT molecular complexity index is 1140. The van der Waals surface area contributed by atoms with Crippen LogP contribution in [0.4, 0.5) is 0 Å². The van der Waals surface area contributed by atoms with Crippen LogP contribution in [0.15, 0.2) is 72.8 Å². The van der Waals surface area contributed by atoms with Gasteiger partial charge in [-0.25, -0.2) is 0 Å². The number of carbonyl (C=O) groups excluding carboxylic acids is 2. The standard InChI is InChI=1S/C27H28Cl2N2O4/c1-3-30-27(33)23(15-19-9-5-4-6-10-19)31(17-20-13-14-21(28)16-22(20)29)26(32)18-35-25-12-8-7-11-24(25)34-2/h4-14,16,23H,3,15,17-18H2,1-2H3,(H,30,33)/t23-/m1/s1. The van der Waals surface area contributed by atoms with Crippen LogP contribution in [0, 0.1) is 0 Å². The van der Waals surface area contributed by atoms with Gasteiger partial charge in [0.2, 0.25) is 5.91 Å². The maximum atomic E-state index is 13.6. The van der Waals surface area contributed by atoms with Gasteiger partial charge < -0.3 is 19.7 Å². The number of para-hydroxylation sites is 2. The third-order valence-corrected chi connectivity index (χ3v) is 5.99. The molecule has 0 aliphatic rings. The molecule has 0 saturated heterocycles. The number of halogens is 2. The van der Waals surface area contributed by atoms with Gasteiger partial charge in [-0.1, -0.05) is 71.7 Å². The lowest BCUT2D eigenvalue weighted by Gasteiger charge is -2.31. The number of amides is 2. The number of hydrogen-bond donors (Lipinski definition) is 1. The van der Waals surface area contributed by atoms with Crippen molar-refractivity contribution < 1.29 is 19.1 Å². The van der Waals surface area contributed by atoms with Crippen molar-refractivity contribution in [1.82, 2.24) is 10.2 Å². The number of benzene rings is 3. The molecule has 3 rings (SSSR count). The fourth-order valence-corrected chi connectivity index (χ4v) is 4.11. The summed E-state index contributed by atoms with van der Waals surface area (Å²) in [6, 6.07) is 20.9. The molecule has 0 aliphatic heterocycles. The molecule has 3 aromatic carbocycles. The molecule has 0 spiro atoms. The van der Waals surface area contributed by atoms with Crippen LogP contribution in [-0.2, 0) is 22.6 Å². The molecule has 0 unspecified atom stereocenters.